The fourth-order valence-corrected chi connectivity index (χ4v) is 2.38. The molecule has 0 amide bonds. The van der Waals surface area contributed by atoms with Crippen molar-refractivity contribution in [2.24, 2.45) is 0 Å². The van der Waals surface area contributed by atoms with Gasteiger partial charge in [-0.2, -0.15) is 0 Å². The second-order valence-electron chi connectivity index (χ2n) is 4.43. The van der Waals surface area contributed by atoms with E-state index in [2.05, 4.69) is 5.32 Å². The van der Waals surface area contributed by atoms with Crippen LogP contribution < -0.4 is 10.1 Å². The van der Waals surface area contributed by atoms with Crippen LogP contribution in [0.25, 0.3) is 0 Å². The maximum absolute atomic E-state index is 11.1. The van der Waals surface area contributed by atoms with Crippen LogP contribution in [0.3, 0.4) is 0 Å². The molecule has 0 fully saturated rings. The molecule has 1 N–H and O–H groups in total. The summed E-state index contributed by atoms with van der Waals surface area (Å²) in [6.45, 7) is 3.57. The quantitative estimate of drug-likeness (QED) is 0.861. The Morgan fingerprint density at radius 1 is 1.50 bits per heavy atom. The Balaban J connectivity index is 3.07. The highest BCUT2D eigenvalue weighted by Crippen LogP contribution is 2.33. The van der Waals surface area contributed by atoms with Crippen LogP contribution in [-0.4, -0.2) is 19.9 Å². The lowest BCUT2D eigenvalue weighted by molar-refractivity contribution is -0.117. The van der Waals surface area contributed by atoms with Gasteiger partial charge in [-0.1, -0.05) is 11.6 Å². The van der Waals surface area contributed by atoms with Crippen LogP contribution in [0.4, 0.5) is 0 Å². The smallest absolute Gasteiger partial charge is 0.129 e. The number of nitrogens with one attached hydrogen (secondary N) is 1. The topological polar surface area (TPSA) is 38.3 Å². The van der Waals surface area contributed by atoms with Gasteiger partial charge in [0.25, 0.3) is 0 Å². The maximum atomic E-state index is 11.1. The Labute approximate surface area is 113 Å². The van der Waals surface area contributed by atoms with Crippen molar-refractivity contribution in [3.8, 4) is 5.75 Å². The second kappa shape index (κ2) is 6.76. The van der Waals surface area contributed by atoms with Crippen molar-refractivity contribution >= 4 is 17.4 Å². The number of hydrogen-bond donors (Lipinski definition) is 1. The predicted molar refractivity (Wildman–Crippen MR) is 74.5 cm³/mol. The minimum absolute atomic E-state index is 0.0706. The Hall–Kier alpha value is -1.06. The molecule has 1 unspecified atom stereocenters. The molecule has 1 rings (SSSR count). The number of methoxy groups -OCH3 is 1. The molecule has 0 saturated carbocycles. The molecule has 100 valence electrons. The summed E-state index contributed by atoms with van der Waals surface area (Å²) in [5, 5.41) is 3.90. The molecule has 0 aliphatic rings. The normalized spacial score (nSPS) is 12.3. The SMILES string of the molecule is CNC(CCC(C)=O)c1cc(Cl)cc(C)c1OC. The molecular formula is C14H20ClNO2. The summed E-state index contributed by atoms with van der Waals surface area (Å²) in [7, 11) is 3.53. The first-order valence-electron chi connectivity index (χ1n) is 6.00. The molecular weight excluding hydrogens is 250 g/mol. The first-order valence-corrected chi connectivity index (χ1v) is 6.38. The van der Waals surface area contributed by atoms with Crippen LogP contribution in [0.5, 0.6) is 5.75 Å². The van der Waals surface area contributed by atoms with Gasteiger partial charge < -0.3 is 14.8 Å². The van der Waals surface area contributed by atoms with Crippen LogP contribution in [0.2, 0.25) is 5.02 Å². The Bertz CT molecular complexity index is 432. The molecule has 1 atom stereocenters. The van der Waals surface area contributed by atoms with Crippen molar-refractivity contribution in [2.45, 2.75) is 32.7 Å². The number of ketones is 1. The Kier molecular flexibility index (Phi) is 5.63. The standard InChI is InChI=1S/C14H20ClNO2/c1-9-7-11(15)8-12(14(9)18-4)13(16-3)6-5-10(2)17/h7-8,13,16H,5-6H2,1-4H3. The summed E-state index contributed by atoms with van der Waals surface area (Å²) in [5.74, 6) is 1.02. The largest absolute Gasteiger partial charge is 0.496 e. The van der Waals surface area contributed by atoms with E-state index < -0.39 is 0 Å². The second-order valence-corrected chi connectivity index (χ2v) is 4.86. The number of carbonyl (C=O) groups is 1. The summed E-state index contributed by atoms with van der Waals surface area (Å²) in [4.78, 5) is 11.1. The number of Topliss-reactive ketones (excluding diaryl/α,β-unsaturated/α-hetero) is 1. The lowest BCUT2D eigenvalue weighted by Gasteiger charge is -2.20. The van der Waals surface area contributed by atoms with E-state index >= 15 is 0 Å². The number of carbonyl (C=O) groups excluding carboxylic acids is 1. The number of benzene rings is 1. The molecule has 0 aliphatic heterocycles. The molecule has 0 bridgehead atoms. The van der Waals surface area contributed by atoms with E-state index in [4.69, 9.17) is 16.3 Å². The molecule has 1 aromatic carbocycles. The molecule has 0 aromatic heterocycles. The third-order valence-corrected chi connectivity index (χ3v) is 3.20. The molecule has 3 nitrogen and oxygen atoms in total. The van der Waals surface area contributed by atoms with Crippen molar-refractivity contribution in [1.82, 2.24) is 5.32 Å². The third kappa shape index (κ3) is 3.72. The minimum atomic E-state index is 0.0706. The van der Waals surface area contributed by atoms with Gasteiger partial charge in [0.05, 0.1) is 7.11 Å². The minimum Gasteiger partial charge on any atom is -0.496 e. The number of rotatable bonds is 6. The van der Waals surface area contributed by atoms with E-state index in [1.165, 1.54) is 0 Å². The Morgan fingerprint density at radius 2 is 2.17 bits per heavy atom. The van der Waals surface area contributed by atoms with Crippen molar-refractivity contribution < 1.29 is 9.53 Å². The fraction of sp³-hybridized carbons (Fsp3) is 0.500. The van der Waals surface area contributed by atoms with E-state index in [-0.39, 0.29) is 11.8 Å². The van der Waals surface area contributed by atoms with E-state index in [9.17, 15) is 4.79 Å². The highest BCUT2D eigenvalue weighted by atomic mass is 35.5. The summed E-state index contributed by atoms with van der Waals surface area (Å²) < 4.78 is 5.44. The summed E-state index contributed by atoms with van der Waals surface area (Å²) in [5.41, 5.74) is 2.01. The highest BCUT2D eigenvalue weighted by Gasteiger charge is 2.17. The summed E-state index contributed by atoms with van der Waals surface area (Å²) in [6.07, 6.45) is 1.28. The van der Waals surface area contributed by atoms with Gasteiger partial charge in [-0.15, -0.1) is 0 Å². The van der Waals surface area contributed by atoms with Crippen LogP contribution in [0.1, 0.15) is 36.9 Å². The van der Waals surface area contributed by atoms with Crippen LogP contribution in [-0.2, 0) is 4.79 Å². The molecule has 0 radical (unpaired) electrons. The van der Waals surface area contributed by atoms with Crippen molar-refractivity contribution in [3.05, 3.63) is 28.3 Å². The molecule has 18 heavy (non-hydrogen) atoms. The van der Waals surface area contributed by atoms with Crippen LogP contribution in [0.15, 0.2) is 12.1 Å². The van der Waals surface area contributed by atoms with Gasteiger partial charge in [-0.25, -0.2) is 0 Å². The number of hydrogen-bond acceptors (Lipinski definition) is 3. The lowest BCUT2D eigenvalue weighted by Crippen LogP contribution is -2.18. The van der Waals surface area contributed by atoms with Crippen molar-refractivity contribution in [1.29, 1.82) is 0 Å². The van der Waals surface area contributed by atoms with Gasteiger partial charge in [0, 0.05) is 23.0 Å². The molecule has 0 saturated heterocycles. The van der Waals surface area contributed by atoms with Crippen LogP contribution >= 0.6 is 11.6 Å². The number of ether oxygens (including phenoxy) is 1. The van der Waals surface area contributed by atoms with Crippen molar-refractivity contribution in [2.75, 3.05) is 14.2 Å². The Morgan fingerprint density at radius 3 is 2.67 bits per heavy atom. The predicted octanol–water partition coefficient (Wildman–Crippen LogP) is 3.29. The van der Waals surface area contributed by atoms with Crippen molar-refractivity contribution in [3.63, 3.8) is 0 Å². The highest BCUT2D eigenvalue weighted by molar-refractivity contribution is 6.30. The van der Waals surface area contributed by atoms with E-state index in [1.54, 1.807) is 14.0 Å². The lowest BCUT2D eigenvalue weighted by atomic mass is 9.98. The summed E-state index contributed by atoms with van der Waals surface area (Å²) in [6, 6.07) is 3.84. The monoisotopic (exact) mass is 269 g/mol. The summed E-state index contributed by atoms with van der Waals surface area (Å²) >= 11 is 6.09. The molecule has 0 aliphatic carbocycles. The van der Waals surface area contributed by atoms with E-state index in [0.717, 1.165) is 23.3 Å². The van der Waals surface area contributed by atoms with Gasteiger partial charge >= 0.3 is 0 Å². The zero-order chi connectivity index (χ0) is 13.7. The first kappa shape index (κ1) is 15.0. The van der Waals surface area contributed by atoms with Gasteiger partial charge in [0.1, 0.15) is 11.5 Å². The van der Waals surface area contributed by atoms with E-state index in [0.29, 0.717) is 11.4 Å². The molecule has 4 heteroatoms. The van der Waals surface area contributed by atoms with Gasteiger partial charge in [-0.05, 0) is 45.0 Å². The fourth-order valence-electron chi connectivity index (χ4n) is 2.10. The van der Waals surface area contributed by atoms with E-state index in [1.807, 2.05) is 26.1 Å². The molecule has 1 aromatic rings. The average molecular weight is 270 g/mol. The zero-order valence-electron chi connectivity index (χ0n) is 11.3. The first-order chi connectivity index (χ1) is 8.49. The zero-order valence-corrected chi connectivity index (χ0v) is 12.1. The van der Waals surface area contributed by atoms with Crippen LogP contribution in [0, 0.1) is 6.92 Å². The van der Waals surface area contributed by atoms with Gasteiger partial charge in [-0.3, -0.25) is 0 Å². The van der Waals surface area contributed by atoms with Gasteiger partial charge in [0.15, 0.2) is 0 Å². The third-order valence-electron chi connectivity index (χ3n) is 2.98. The average Bonchev–Trinajstić information content (AvgIpc) is 2.29. The van der Waals surface area contributed by atoms with Gasteiger partial charge in [0.2, 0.25) is 0 Å². The molecule has 0 heterocycles. The number of halogens is 1. The molecule has 0 spiro atoms. The number of aryl methyl sites for hydroxylation is 1. The maximum Gasteiger partial charge on any atom is 0.129 e.